The van der Waals surface area contributed by atoms with Crippen molar-refractivity contribution in [3.63, 3.8) is 0 Å². The molecule has 1 atom stereocenters. The SMILES string of the molecule is CNCC1(CN2CCC(COC)C2)CCCC1. The molecule has 1 aliphatic heterocycles. The molecular weight excluding hydrogens is 212 g/mol. The lowest BCUT2D eigenvalue weighted by Gasteiger charge is -2.33. The number of nitrogens with zero attached hydrogens (tertiary/aromatic N) is 1. The zero-order valence-corrected chi connectivity index (χ0v) is 11.5. The van der Waals surface area contributed by atoms with Crippen LogP contribution in [0, 0.1) is 11.3 Å². The summed E-state index contributed by atoms with van der Waals surface area (Å²) in [6.45, 7) is 5.96. The Morgan fingerprint density at radius 3 is 2.76 bits per heavy atom. The van der Waals surface area contributed by atoms with Crippen LogP contribution in [0.15, 0.2) is 0 Å². The molecule has 0 aromatic heterocycles. The van der Waals surface area contributed by atoms with Gasteiger partial charge in [-0.1, -0.05) is 12.8 Å². The van der Waals surface area contributed by atoms with Crippen molar-refractivity contribution in [2.45, 2.75) is 32.1 Å². The van der Waals surface area contributed by atoms with Gasteiger partial charge in [0.2, 0.25) is 0 Å². The van der Waals surface area contributed by atoms with Gasteiger partial charge in [-0.2, -0.15) is 0 Å². The molecule has 2 aliphatic rings. The summed E-state index contributed by atoms with van der Waals surface area (Å²) in [5.74, 6) is 0.771. The molecular formula is C14H28N2O. The fourth-order valence-electron chi connectivity index (χ4n) is 3.79. The van der Waals surface area contributed by atoms with E-state index in [9.17, 15) is 0 Å². The second-order valence-corrected chi connectivity index (χ2v) is 6.08. The van der Waals surface area contributed by atoms with Crippen LogP contribution in [-0.4, -0.2) is 51.8 Å². The van der Waals surface area contributed by atoms with E-state index in [0.717, 1.165) is 12.5 Å². The van der Waals surface area contributed by atoms with Gasteiger partial charge < -0.3 is 15.0 Å². The highest BCUT2D eigenvalue weighted by atomic mass is 16.5. The molecule has 1 N–H and O–H groups in total. The van der Waals surface area contributed by atoms with Crippen molar-refractivity contribution in [3.05, 3.63) is 0 Å². The third-order valence-electron chi connectivity index (χ3n) is 4.55. The monoisotopic (exact) mass is 240 g/mol. The van der Waals surface area contributed by atoms with Gasteiger partial charge in [0.1, 0.15) is 0 Å². The lowest BCUT2D eigenvalue weighted by atomic mass is 9.85. The molecule has 0 aromatic carbocycles. The van der Waals surface area contributed by atoms with Gasteiger partial charge in [0.15, 0.2) is 0 Å². The minimum absolute atomic E-state index is 0.566. The normalized spacial score (nSPS) is 28.9. The van der Waals surface area contributed by atoms with E-state index in [4.69, 9.17) is 4.74 Å². The highest BCUT2D eigenvalue weighted by Crippen LogP contribution is 2.39. The number of nitrogens with one attached hydrogen (secondary N) is 1. The van der Waals surface area contributed by atoms with Crippen molar-refractivity contribution in [1.82, 2.24) is 10.2 Å². The summed E-state index contributed by atoms with van der Waals surface area (Å²) in [5.41, 5.74) is 0.566. The van der Waals surface area contributed by atoms with Gasteiger partial charge in [-0.3, -0.25) is 0 Å². The Morgan fingerprint density at radius 1 is 1.35 bits per heavy atom. The maximum Gasteiger partial charge on any atom is 0.0503 e. The zero-order chi connectivity index (χ0) is 12.1. The molecule has 1 heterocycles. The standard InChI is InChI=1S/C14H28N2O/c1-15-11-14(6-3-4-7-14)12-16-8-5-13(9-16)10-17-2/h13,15H,3-12H2,1-2H3. The maximum atomic E-state index is 5.28. The van der Waals surface area contributed by atoms with E-state index in [1.807, 2.05) is 7.11 Å². The summed E-state index contributed by atoms with van der Waals surface area (Å²) < 4.78 is 5.28. The topological polar surface area (TPSA) is 24.5 Å². The number of methoxy groups -OCH3 is 1. The molecule has 0 amide bonds. The first kappa shape index (κ1) is 13.3. The van der Waals surface area contributed by atoms with E-state index in [0.29, 0.717) is 5.41 Å². The molecule has 0 aromatic rings. The number of ether oxygens (including phenoxy) is 1. The molecule has 2 rings (SSSR count). The Hall–Kier alpha value is -0.120. The summed E-state index contributed by atoms with van der Waals surface area (Å²) >= 11 is 0. The smallest absolute Gasteiger partial charge is 0.0503 e. The Bertz CT molecular complexity index is 226. The van der Waals surface area contributed by atoms with Gasteiger partial charge in [0.25, 0.3) is 0 Å². The number of rotatable bonds is 6. The minimum atomic E-state index is 0.566. The Morgan fingerprint density at radius 2 is 2.12 bits per heavy atom. The fraction of sp³-hybridized carbons (Fsp3) is 1.00. The summed E-state index contributed by atoms with van der Waals surface area (Å²) in [6.07, 6.45) is 7.01. The van der Waals surface area contributed by atoms with Gasteiger partial charge >= 0.3 is 0 Å². The molecule has 1 aliphatic carbocycles. The summed E-state index contributed by atoms with van der Waals surface area (Å²) in [5, 5.41) is 3.41. The molecule has 0 radical (unpaired) electrons. The lowest BCUT2D eigenvalue weighted by molar-refractivity contribution is 0.138. The van der Waals surface area contributed by atoms with Crippen LogP contribution >= 0.6 is 0 Å². The largest absolute Gasteiger partial charge is 0.384 e. The zero-order valence-electron chi connectivity index (χ0n) is 11.5. The van der Waals surface area contributed by atoms with Crippen molar-refractivity contribution in [2.24, 2.45) is 11.3 Å². The predicted octanol–water partition coefficient (Wildman–Crippen LogP) is 1.73. The minimum Gasteiger partial charge on any atom is -0.384 e. The highest BCUT2D eigenvalue weighted by Gasteiger charge is 2.36. The van der Waals surface area contributed by atoms with Gasteiger partial charge in [-0.15, -0.1) is 0 Å². The van der Waals surface area contributed by atoms with Crippen LogP contribution in [0.5, 0.6) is 0 Å². The van der Waals surface area contributed by atoms with E-state index in [2.05, 4.69) is 17.3 Å². The van der Waals surface area contributed by atoms with Crippen molar-refractivity contribution in [2.75, 3.05) is 46.9 Å². The van der Waals surface area contributed by atoms with Crippen molar-refractivity contribution < 1.29 is 4.74 Å². The average Bonchev–Trinajstić information content (AvgIpc) is 2.91. The van der Waals surface area contributed by atoms with E-state index in [1.54, 1.807) is 0 Å². The van der Waals surface area contributed by atoms with Gasteiger partial charge in [-0.25, -0.2) is 0 Å². The quantitative estimate of drug-likeness (QED) is 0.765. The molecule has 17 heavy (non-hydrogen) atoms. The van der Waals surface area contributed by atoms with Crippen molar-refractivity contribution >= 4 is 0 Å². The van der Waals surface area contributed by atoms with Crippen LogP contribution in [0.4, 0.5) is 0 Å². The first-order chi connectivity index (χ1) is 8.28. The average molecular weight is 240 g/mol. The second-order valence-electron chi connectivity index (χ2n) is 6.08. The Kier molecular flexibility index (Phi) is 4.83. The molecule has 3 heteroatoms. The highest BCUT2D eigenvalue weighted by molar-refractivity contribution is 4.91. The summed E-state index contributed by atoms with van der Waals surface area (Å²) in [4.78, 5) is 2.67. The van der Waals surface area contributed by atoms with Gasteiger partial charge in [0.05, 0.1) is 6.61 Å². The molecule has 100 valence electrons. The first-order valence-corrected chi connectivity index (χ1v) is 7.14. The van der Waals surface area contributed by atoms with Crippen LogP contribution in [0.3, 0.4) is 0 Å². The number of hydrogen-bond donors (Lipinski definition) is 1. The van der Waals surface area contributed by atoms with Crippen LogP contribution in [-0.2, 0) is 4.74 Å². The van der Waals surface area contributed by atoms with E-state index in [1.165, 1.54) is 58.3 Å². The Balaban J connectivity index is 1.83. The maximum absolute atomic E-state index is 5.28. The van der Waals surface area contributed by atoms with Crippen molar-refractivity contribution in [1.29, 1.82) is 0 Å². The predicted molar refractivity (Wildman–Crippen MR) is 71.3 cm³/mol. The summed E-state index contributed by atoms with van der Waals surface area (Å²) in [7, 11) is 3.92. The first-order valence-electron chi connectivity index (χ1n) is 7.14. The van der Waals surface area contributed by atoms with Crippen LogP contribution < -0.4 is 5.32 Å². The molecule has 1 saturated carbocycles. The molecule has 0 bridgehead atoms. The molecule has 3 nitrogen and oxygen atoms in total. The van der Waals surface area contributed by atoms with Gasteiger partial charge in [-0.05, 0) is 44.2 Å². The van der Waals surface area contributed by atoms with E-state index < -0.39 is 0 Å². The van der Waals surface area contributed by atoms with E-state index in [-0.39, 0.29) is 0 Å². The second kappa shape index (κ2) is 6.17. The number of hydrogen-bond acceptors (Lipinski definition) is 3. The number of likely N-dealkylation sites (tertiary alicyclic amines) is 1. The molecule has 0 spiro atoms. The van der Waals surface area contributed by atoms with Crippen LogP contribution in [0.25, 0.3) is 0 Å². The van der Waals surface area contributed by atoms with E-state index >= 15 is 0 Å². The third-order valence-corrected chi connectivity index (χ3v) is 4.55. The lowest BCUT2D eigenvalue weighted by Crippen LogP contribution is -2.41. The molecule has 2 fully saturated rings. The van der Waals surface area contributed by atoms with Crippen LogP contribution in [0.1, 0.15) is 32.1 Å². The summed E-state index contributed by atoms with van der Waals surface area (Å²) in [6, 6.07) is 0. The fourth-order valence-corrected chi connectivity index (χ4v) is 3.79. The third kappa shape index (κ3) is 3.43. The Labute approximate surface area is 106 Å². The molecule has 1 saturated heterocycles. The van der Waals surface area contributed by atoms with Crippen molar-refractivity contribution in [3.8, 4) is 0 Å². The molecule has 1 unspecified atom stereocenters. The van der Waals surface area contributed by atoms with Crippen LogP contribution in [0.2, 0.25) is 0 Å². The van der Waals surface area contributed by atoms with Gasteiger partial charge in [0, 0.05) is 26.7 Å².